The minimum atomic E-state index is -0.858. The van der Waals surface area contributed by atoms with E-state index < -0.39 is 11.5 Å². The standard InChI is InChI=1S/C14H31N3O2/c1-7-8-17(10-9-16(5)6)12(2)11-14(3,15-4)13(18)19/h12,15H,7-11H2,1-6H3,(H,18,19). The third kappa shape index (κ3) is 6.36. The first kappa shape index (κ1) is 18.4. The topological polar surface area (TPSA) is 55.8 Å². The Morgan fingerprint density at radius 3 is 2.26 bits per heavy atom. The Kier molecular flexibility index (Phi) is 8.22. The molecular weight excluding hydrogens is 242 g/mol. The van der Waals surface area contributed by atoms with Crippen LogP contribution in [0.4, 0.5) is 0 Å². The van der Waals surface area contributed by atoms with Gasteiger partial charge in [-0.3, -0.25) is 9.69 Å². The van der Waals surface area contributed by atoms with E-state index in [9.17, 15) is 9.90 Å². The van der Waals surface area contributed by atoms with E-state index in [1.165, 1.54) is 0 Å². The lowest BCUT2D eigenvalue weighted by Crippen LogP contribution is -2.52. The van der Waals surface area contributed by atoms with Crippen molar-refractivity contribution in [2.75, 3.05) is 40.8 Å². The molecule has 114 valence electrons. The summed E-state index contributed by atoms with van der Waals surface area (Å²) >= 11 is 0. The van der Waals surface area contributed by atoms with Gasteiger partial charge in [0.1, 0.15) is 5.54 Å². The number of aliphatic carboxylic acids is 1. The zero-order chi connectivity index (χ0) is 15.1. The predicted octanol–water partition coefficient (Wildman–Crippen LogP) is 1.10. The van der Waals surface area contributed by atoms with Crippen LogP contribution >= 0.6 is 0 Å². The molecule has 2 atom stereocenters. The number of hydrogen-bond donors (Lipinski definition) is 2. The Labute approximate surface area is 118 Å². The molecule has 0 saturated heterocycles. The highest BCUT2D eigenvalue weighted by Crippen LogP contribution is 2.16. The van der Waals surface area contributed by atoms with Crippen LogP contribution in [0.2, 0.25) is 0 Å². The first-order valence-electron chi connectivity index (χ1n) is 7.08. The van der Waals surface area contributed by atoms with Gasteiger partial charge in [0.2, 0.25) is 0 Å². The molecule has 19 heavy (non-hydrogen) atoms. The monoisotopic (exact) mass is 273 g/mol. The second kappa shape index (κ2) is 8.51. The van der Waals surface area contributed by atoms with Crippen molar-refractivity contribution in [3.05, 3.63) is 0 Å². The van der Waals surface area contributed by atoms with Crippen molar-refractivity contribution in [2.45, 2.75) is 45.2 Å². The third-order valence-corrected chi connectivity index (χ3v) is 3.70. The highest BCUT2D eigenvalue weighted by molar-refractivity contribution is 5.78. The highest BCUT2D eigenvalue weighted by atomic mass is 16.4. The third-order valence-electron chi connectivity index (χ3n) is 3.70. The fourth-order valence-corrected chi connectivity index (χ4v) is 2.18. The molecule has 0 aliphatic heterocycles. The van der Waals surface area contributed by atoms with E-state index in [0.717, 1.165) is 26.1 Å². The normalized spacial score (nSPS) is 16.6. The van der Waals surface area contributed by atoms with Gasteiger partial charge in [0.05, 0.1) is 0 Å². The second-order valence-electron chi connectivity index (χ2n) is 5.78. The first-order chi connectivity index (χ1) is 8.76. The lowest BCUT2D eigenvalue weighted by Gasteiger charge is -2.35. The summed E-state index contributed by atoms with van der Waals surface area (Å²) in [5, 5.41) is 12.3. The number of rotatable bonds is 10. The molecule has 0 amide bonds. The molecule has 0 heterocycles. The zero-order valence-electron chi connectivity index (χ0n) is 13.4. The van der Waals surface area contributed by atoms with Crippen LogP contribution in [0.25, 0.3) is 0 Å². The molecule has 0 aromatic rings. The molecule has 2 unspecified atom stereocenters. The molecule has 0 aromatic heterocycles. The Morgan fingerprint density at radius 1 is 1.32 bits per heavy atom. The number of nitrogens with zero attached hydrogens (tertiary/aromatic N) is 2. The van der Waals surface area contributed by atoms with Crippen molar-refractivity contribution in [2.24, 2.45) is 0 Å². The molecule has 0 aromatic carbocycles. The molecule has 0 spiro atoms. The lowest BCUT2D eigenvalue weighted by atomic mass is 9.93. The SMILES string of the molecule is CCCN(CCN(C)C)C(C)CC(C)(NC)C(=O)O. The first-order valence-corrected chi connectivity index (χ1v) is 7.08. The van der Waals surface area contributed by atoms with E-state index >= 15 is 0 Å². The van der Waals surface area contributed by atoms with Gasteiger partial charge in [0, 0.05) is 19.1 Å². The summed E-state index contributed by atoms with van der Waals surface area (Å²) in [6.45, 7) is 9.00. The van der Waals surface area contributed by atoms with E-state index in [0.29, 0.717) is 6.42 Å². The van der Waals surface area contributed by atoms with Crippen LogP contribution in [-0.4, -0.2) is 73.2 Å². The van der Waals surface area contributed by atoms with E-state index in [1.807, 2.05) is 0 Å². The number of carbonyl (C=O) groups is 1. The Morgan fingerprint density at radius 2 is 1.89 bits per heavy atom. The van der Waals surface area contributed by atoms with Gasteiger partial charge in [-0.1, -0.05) is 6.92 Å². The molecule has 2 N–H and O–H groups in total. The molecule has 0 radical (unpaired) electrons. The fourth-order valence-electron chi connectivity index (χ4n) is 2.18. The van der Waals surface area contributed by atoms with Crippen LogP contribution in [0.5, 0.6) is 0 Å². The smallest absolute Gasteiger partial charge is 0.323 e. The van der Waals surface area contributed by atoms with Gasteiger partial charge in [-0.25, -0.2) is 0 Å². The second-order valence-corrected chi connectivity index (χ2v) is 5.78. The maximum Gasteiger partial charge on any atom is 0.323 e. The van der Waals surface area contributed by atoms with E-state index in [2.05, 4.69) is 43.1 Å². The molecule has 0 fully saturated rings. The Balaban J connectivity index is 4.61. The van der Waals surface area contributed by atoms with Crippen molar-refractivity contribution in [1.82, 2.24) is 15.1 Å². The van der Waals surface area contributed by atoms with Crippen LogP contribution in [0, 0.1) is 0 Å². The molecule has 0 aliphatic rings. The Bertz CT molecular complexity index is 271. The number of nitrogens with one attached hydrogen (secondary N) is 1. The van der Waals surface area contributed by atoms with Gasteiger partial charge in [0.25, 0.3) is 0 Å². The van der Waals surface area contributed by atoms with Crippen LogP contribution < -0.4 is 5.32 Å². The summed E-state index contributed by atoms with van der Waals surface area (Å²) in [5.74, 6) is -0.786. The average Bonchev–Trinajstić information content (AvgIpc) is 2.33. The molecule has 0 bridgehead atoms. The van der Waals surface area contributed by atoms with Gasteiger partial charge in [-0.05, 0) is 54.4 Å². The average molecular weight is 273 g/mol. The highest BCUT2D eigenvalue weighted by Gasteiger charge is 2.34. The Hall–Kier alpha value is -0.650. The van der Waals surface area contributed by atoms with Crippen molar-refractivity contribution >= 4 is 5.97 Å². The molecule has 5 heteroatoms. The maximum atomic E-state index is 11.3. The van der Waals surface area contributed by atoms with Crippen molar-refractivity contribution in [1.29, 1.82) is 0 Å². The molecule has 5 nitrogen and oxygen atoms in total. The van der Waals surface area contributed by atoms with E-state index in [-0.39, 0.29) is 6.04 Å². The predicted molar refractivity (Wildman–Crippen MR) is 79.6 cm³/mol. The summed E-state index contributed by atoms with van der Waals surface area (Å²) in [6, 6.07) is 0.244. The summed E-state index contributed by atoms with van der Waals surface area (Å²) in [7, 11) is 5.83. The molecule has 0 aliphatic carbocycles. The maximum absolute atomic E-state index is 11.3. The van der Waals surface area contributed by atoms with Gasteiger partial charge in [-0.2, -0.15) is 0 Å². The minimum Gasteiger partial charge on any atom is -0.480 e. The number of likely N-dealkylation sites (N-methyl/N-ethyl adjacent to an activating group) is 2. The van der Waals surface area contributed by atoms with E-state index in [1.54, 1.807) is 14.0 Å². The van der Waals surface area contributed by atoms with Gasteiger partial charge in [0.15, 0.2) is 0 Å². The molecular formula is C14H31N3O2. The molecule has 0 rings (SSSR count). The van der Waals surface area contributed by atoms with Gasteiger partial charge < -0.3 is 15.3 Å². The van der Waals surface area contributed by atoms with Crippen LogP contribution in [0.15, 0.2) is 0 Å². The minimum absolute atomic E-state index is 0.244. The van der Waals surface area contributed by atoms with Gasteiger partial charge >= 0.3 is 5.97 Å². The summed E-state index contributed by atoms with van der Waals surface area (Å²) < 4.78 is 0. The number of hydrogen-bond acceptors (Lipinski definition) is 4. The summed E-state index contributed by atoms with van der Waals surface area (Å²) in [6.07, 6.45) is 1.69. The largest absolute Gasteiger partial charge is 0.480 e. The molecule has 0 saturated carbocycles. The van der Waals surface area contributed by atoms with Crippen molar-refractivity contribution in [3.63, 3.8) is 0 Å². The number of carboxylic acids is 1. The lowest BCUT2D eigenvalue weighted by molar-refractivity contribution is -0.144. The van der Waals surface area contributed by atoms with Gasteiger partial charge in [-0.15, -0.1) is 0 Å². The van der Waals surface area contributed by atoms with Crippen molar-refractivity contribution < 1.29 is 9.90 Å². The van der Waals surface area contributed by atoms with Crippen LogP contribution in [-0.2, 0) is 4.79 Å². The van der Waals surface area contributed by atoms with Crippen LogP contribution in [0.3, 0.4) is 0 Å². The quantitative estimate of drug-likeness (QED) is 0.624. The van der Waals surface area contributed by atoms with Crippen molar-refractivity contribution in [3.8, 4) is 0 Å². The zero-order valence-corrected chi connectivity index (χ0v) is 13.4. The number of carboxylic acid groups (broad SMARTS) is 1. The van der Waals surface area contributed by atoms with Crippen LogP contribution in [0.1, 0.15) is 33.6 Å². The van der Waals surface area contributed by atoms with E-state index in [4.69, 9.17) is 0 Å². The fraction of sp³-hybridized carbons (Fsp3) is 0.929. The summed E-state index contributed by atoms with van der Waals surface area (Å²) in [5.41, 5.74) is -0.858. The summed E-state index contributed by atoms with van der Waals surface area (Å²) in [4.78, 5) is 15.9.